The van der Waals surface area contributed by atoms with E-state index in [9.17, 15) is 5.11 Å². The summed E-state index contributed by atoms with van der Waals surface area (Å²) in [5.41, 5.74) is 7.76. The van der Waals surface area contributed by atoms with Crippen molar-refractivity contribution >= 4 is 11.5 Å². The van der Waals surface area contributed by atoms with Crippen molar-refractivity contribution in [3.05, 3.63) is 17.8 Å². The molecule has 1 aliphatic rings. The maximum absolute atomic E-state index is 9.36. The van der Waals surface area contributed by atoms with Gasteiger partial charge in [-0.15, -0.1) is 0 Å². The zero-order valence-electron chi connectivity index (χ0n) is 9.69. The molecule has 1 aliphatic heterocycles. The van der Waals surface area contributed by atoms with Crippen molar-refractivity contribution in [2.45, 2.75) is 32.2 Å². The third kappa shape index (κ3) is 2.11. The maximum Gasteiger partial charge on any atom is 0.152 e. The second-order valence-electron chi connectivity index (χ2n) is 4.45. The Kier molecular flexibility index (Phi) is 3.29. The lowest BCUT2D eigenvalue weighted by atomic mass is 10.0. The normalized spacial score (nSPS) is 21.1. The first kappa shape index (κ1) is 11.2. The van der Waals surface area contributed by atoms with Gasteiger partial charge in [0, 0.05) is 12.7 Å². The number of pyridine rings is 1. The van der Waals surface area contributed by atoms with E-state index in [0.717, 1.165) is 30.8 Å². The van der Waals surface area contributed by atoms with Crippen molar-refractivity contribution in [3.8, 4) is 0 Å². The molecule has 0 spiro atoms. The van der Waals surface area contributed by atoms with E-state index in [2.05, 4.69) is 9.88 Å². The lowest BCUT2D eigenvalue weighted by Gasteiger charge is -2.36. The molecule has 0 bridgehead atoms. The van der Waals surface area contributed by atoms with Crippen LogP contribution in [0.2, 0.25) is 0 Å². The third-order valence-electron chi connectivity index (χ3n) is 3.14. The van der Waals surface area contributed by atoms with E-state index in [1.54, 1.807) is 0 Å². The number of anilines is 2. The Hall–Kier alpha value is -1.29. The number of aliphatic hydroxyl groups is 1. The molecule has 0 aliphatic carbocycles. The van der Waals surface area contributed by atoms with Gasteiger partial charge in [-0.25, -0.2) is 4.98 Å². The molecule has 0 amide bonds. The smallest absolute Gasteiger partial charge is 0.152 e. The van der Waals surface area contributed by atoms with E-state index < -0.39 is 0 Å². The van der Waals surface area contributed by atoms with Gasteiger partial charge < -0.3 is 15.7 Å². The van der Waals surface area contributed by atoms with Crippen molar-refractivity contribution in [2.24, 2.45) is 0 Å². The molecule has 0 saturated carbocycles. The Morgan fingerprint density at radius 3 is 3.06 bits per heavy atom. The van der Waals surface area contributed by atoms with Gasteiger partial charge >= 0.3 is 0 Å². The fourth-order valence-corrected chi connectivity index (χ4v) is 2.29. The zero-order chi connectivity index (χ0) is 11.5. The predicted octanol–water partition coefficient (Wildman–Crippen LogP) is 1.32. The second-order valence-corrected chi connectivity index (χ2v) is 4.45. The van der Waals surface area contributed by atoms with Gasteiger partial charge in [0.25, 0.3) is 0 Å². The first-order valence-electron chi connectivity index (χ1n) is 5.82. The summed E-state index contributed by atoms with van der Waals surface area (Å²) in [5.74, 6) is 0.823. The Morgan fingerprint density at radius 1 is 1.56 bits per heavy atom. The van der Waals surface area contributed by atoms with Gasteiger partial charge in [-0.3, -0.25) is 0 Å². The van der Waals surface area contributed by atoms with Crippen LogP contribution in [0.1, 0.15) is 24.8 Å². The molecule has 4 nitrogen and oxygen atoms in total. The van der Waals surface area contributed by atoms with Crippen LogP contribution in [0.25, 0.3) is 0 Å². The van der Waals surface area contributed by atoms with Crippen molar-refractivity contribution in [1.82, 2.24) is 4.98 Å². The molecule has 1 saturated heterocycles. The summed E-state index contributed by atoms with van der Waals surface area (Å²) in [7, 11) is 0. The monoisotopic (exact) mass is 221 g/mol. The molecule has 1 unspecified atom stereocenters. The van der Waals surface area contributed by atoms with Crippen LogP contribution in [-0.4, -0.2) is 29.3 Å². The molecule has 1 fully saturated rings. The van der Waals surface area contributed by atoms with Gasteiger partial charge in [-0.05, 0) is 37.8 Å². The average molecular weight is 221 g/mol. The van der Waals surface area contributed by atoms with Crippen LogP contribution in [0, 0.1) is 6.92 Å². The fraction of sp³-hybridized carbons (Fsp3) is 0.583. The Bertz CT molecular complexity index is 367. The number of nitrogen functional groups attached to an aromatic ring is 1. The number of nitrogens with two attached hydrogens (primary N) is 1. The number of hydrogen-bond donors (Lipinski definition) is 2. The average Bonchev–Trinajstić information content (AvgIpc) is 2.29. The second kappa shape index (κ2) is 4.70. The third-order valence-corrected chi connectivity index (χ3v) is 3.14. The molecular formula is C12H19N3O. The number of rotatable bonds is 2. The fourth-order valence-electron chi connectivity index (χ4n) is 2.29. The molecule has 1 aromatic rings. The predicted molar refractivity (Wildman–Crippen MR) is 65.5 cm³/mol. The Balaban J connectivity index is 2.27. The molecule has 1 atom stereocenters. The van der Waals surface area contributed by atoms with Crippen molar-refractivity contribution in [2.75, 3.05) is 23.8 Å². The molecule has 0 aromatic carbocycles. The maximum atomic E-state index is 9.36. The van der Waals surface area contributed by atoms with Crippen LogP contribution in [0.4, 0.5) is 11.5 Å². The van der Waals surface area contributed by atoms with Gasteiger partial charge in [0.05, 0.1) is 18.3 Å². The Labute approximate surface area is 96.1 Å². The highest BCUT2D eigenvalue weighted by atomic mass is 16.3. The summed E-state index contributed by atoms with van der Waals surface area (Å²) in [6, 6.07) is 2.11. The standard InChI is InChI=1S/C12H19N3O/c1-9-6-11(13)12(14-7-9)15-5-3-2-4-10(15)8-16/h6-7,10,16H,2-5,8,13H2,1H3. The number of aryl methyl sites for hydroxylation is 1. The van der Waals surface area contributed by atoms with E-state index in [1.165, 1.54) is 6.42 Å². The van der Waals surface area contributed by atoms with E-state index in [4.69, 9.17) is 5.73 Å². The van der Waals surface area contributed by atoms with Crippen LogP contribution in [-0.2, 0) is 0 Å². The molecule has 16 heavy (non-hydrogen) atoms. The highest BCUT2D eigenvalue weighted by molar-refractivity contribution is 5.64. The van der Waals surface area contributed by atoms with Gasteiger partial charge in [-0.1, -0.05) is 0 Å². The van der Waals surface area contributed by atoms with Crippen LogP contribution >= 0.6 is 0 Å². The quantitative estimate of drug-likeness (QED) is 0.790. The topological polar surface area (TPSA) is 62.4 Å². The highest BCUT2D eigenvalue weighted by Crippen LogP contribution is 2.27. The van der Waals surface area contributed by atoms with Gasteiger partial charge in [0.2, 0.25) is 0 Å². The van der Waals surface area contributed by atoms with E-state index in [-0.39, 0.29) is 12.6 Å². The molecule has 0 radical (unpaired) electrons. The molecule has 4 heteroatoms. The van der Waals surface area contributed by atoms with Crippen LogP contribution < -0.4 is 10.6 Å². The SMILES string of the molecule is Cc1cnc(N2CCCCC2CO)c(N)c1. The highest BCUT2D eigenvalue weighted by Gasteiger charge is 2.24. The minimum absolute atomic E-state index is 0.172. The summed E-state index contributed by atoms with van der Waals surface area (Å²) in [6.07, 6.45) is 5.17. The summed E-state index contributed by atoms with van der Waals surface area (Å²) in [6.45, 7) is 3.09. The first-order valence-corrected chi connectivity index (χ1v) is 5.82. The molecular weight excluding hydrogens is 202 g/mol. The first-order chi connectivity index (χ1) is 7.72. The number of aliphatic hydroxyl groups excluding tert-OH is 1. The van der Waals surface area contributed by atoms with Crippen LogP contribution in [0.3, 0.4) is 0 Å². The van der Waals surface area contributed by atoms with E-state index >= 15 is 0 Å². The number of hydrogen-bond acceptors (Lipinski definition) is 4. The molecule has 2 rings (SSSR count). The molecule has 88 valence electrons. The van der Waals surface area contributed by atoms with Crippen molar-refractivity contribution in [3.63, 3.8) is 0 Å². The molecule has 1 aromatic heterocycles. The van der Waals surface area contributed by atoms with Crippen LogP contribution in [0.5, 0.6) is 0 Å². The number of aromatic nitrogens is 1. The lowest BCUT2D eigenvalue weighted by Crippen LogP contribution is -2.42. The number of nitrogens with zero attached hydrogens (tertiary/aromatic N) is 2. The van der Waals surface area contributed by atoms with Gasteiger partial charge in [-0.2, -0.15) is 0 Å². The number of piperidine rings is 1. The van der Waals surface area contributed by atoms with Crippen molar-refractivity contribution < 1.29 is 5.11 Å². The van der Waals surface area contributed by atoms with Crippen LogP contribution in [0.15, 0.2) is 12.3 Å². The summed E-state index contributed by atoms with van der Waals surface area (Å²) >= 11 is 0. The Morgan fingerprint density at radius 2 is 2.38 bits per heavy atom. The zero-order valence-corrected chi connectivity index (χ0v) is 9.69. The van der Waals surface area contributed by atoms with E-state index in [1.807, 2.05) is 19.2 Å². The van der Waals surface area contributed by atoms with Gasteiger partial charge in [0.15, 0.2) is 5.82 Å². The molecule has 2 heterocycles. The minimum Gasteiger partial charge on any atom is -0.396 e. The van der Waals surface area contributed by atoms with E-state index in [0.29, 0.717) is 5.69 Å². The minimum atomic E-state index is 0.172. The largest absolute Gasteiger partial charge is 0.396 e. The lowest BCUT2D eigenvalue weighted by molar-refractivity contribution is 0.239. The van der Waals surface area contributed by atoms with Crippen molar-refractivity contribution in [1.29, 1.82) is 0 Å². The molecule has 3 N–H and O–H groups in total. The summed E-state index contributed by atoms with van der Waals surface area (Å²) < 4.78 is 0. The van der Waals surface area contributed by atoms with Gasteiger partial charge in [0.1, 0.15) is 0 Å². The summed E-state index contributed by atoms with van der Waals surface area (Å²) in [5, 5.41) is 9.36. The summed E-state index contributed by atoms with van der Waals surface area (Å²) in [4.78, 5) is 6.53.